The second-order valence-electron chi connectivity index (χ2n) is 17.7. The summed E-state index contributed by atoms with van der Waals surface area (Å²) in [5, 5.41) is 5.33. The molecule has 0 aliphatic carbocycles. The minimum Gasteiger partial charge on any atom is -0.436 e. The van der Waals surface area contributed by atoms with Crippen molar-refractivity contribution < 1.29 is 4.42 Å². The number of nitrogens with zero attached hydrogens (tertiary/aromatic N) is 3. The molecule has 0 unspecified atom stereocenters. The lowest BCUT2D eigenvalue weighted by Gasteiger charge is -2.30. The zero-order valence-corrected chi connectivity index (χ0v) is 32.1. The van der Waals surface area contributed by atoms with Crippen molar-refractivity contribution in [2.75, 3.05) is 0 Å². The molecule has 50 heavy (non-hydrogen) atoms. The Morgan fingerprint density at radius 2 is 1.08 bits per heavy atom. The largest absolute Gasteiger partial charge is 0.436 e. The molecule has 6 rings (SSSR count). The smallest absolute Gasteiger partial charge is 0.227 e. The van der Waals surface area contributed by atoms with Gasteiger partial charge in [-0.25, -0.2) is 9.67 Å². The van der Waals surface area contributed by atoms with E-state index >= 15 is 0 Å². The summed E-state index contributed by atoms with van der Waals surface area (Å²) in [6.07, 6.45) is 4.48. The summed E-state index contributed by atoms with van der Waals surface area (Å²) >= 11 is 0. The van der Waals surface area contributed by atoms with Crippen molar-refractivity contribution in [3.05, 3.63) is 125 Å². The molecule has 258 valence electrons. The van der Waals surface area contributed by atoms with Gasteiger partial charge in [0.1, 0.15) is 5.52 Å². The van der Waals surface area contributed by atoms with Gasteiger partial charge in [0.05, 0.1) is 17.1 Å². The minimum absolute atomic E-state index is 0.00481. The third kappa shape index (κ3) is 6.99. The predicted octanol–water partition coefficient (Wildman–Crippen LogP) is 12.7. The first-order valence-electron chi connectivity index (χ1n) is 17.9. The number of aromatic nitrogens is 3. The first-order valence-corrected chi connectivity index (χ1v) is 17.9. The van der Waals surface area contributed by atoms with Gasteiger partial charge in [-0.15, -0.1) is 0 Å². The Bertz CT molecular complexity index is 2080. The lowest BCUT2D eigenvalue weighted by atomic mass is 9.75. The van der Waals surface area contributed by atoms with Gasteiger partial charge in [0.15, 0.2) is 5.58 Å². The zero-order valence-electron chi connectivity index (χ0n) is 32.1. The van der Waals surface area contributed by atoms with E-state index in [1.807, 2.05) is 24.3 Å². The SMILES string of the molecule is CC(C)(C)c1cccc(C(C)(C)C)c1C=Cc1cc(-c2c(C(C)(C)C)cccc2C(C)(C)C)n(-c2ccc(-c3nc4ccccc4o3)cc2)n1. The Morgan fingerprint density at radius 3 is 1.60 bits per heavy atom. The Labute approximate surface area is 299 Å². The predicted molar refractivity (Wildman–Crippen MR) is 212 cm³/mol. The summed E-state index contributed by atoms with van der Waals surface area (Å²) in [6, 6.07) is 32.1. The molecule has 0 saturated heterocycles. The van der Waals surface area contributed by atoms with Crippen LogP contribution in [0.5, 0.6) is 0 Å². The van der Waals surface area contributed by atoms with Crippen LogP contribution in [0.2, 0.25) is 0 Å². The number of hydrogen-bond acceptors (Lipinski definition) is 3. The van der Waals surface area contributed by atoms with Crippen LogP contribution in [0, 0.1) is 0 Å². The fourth-order valence-electron chi connectivity index (χ4n) is 6.90. The molecule has 6 aromatic rings. The van der Waals surface area contributed by atoms with Crippen molar-refractivity contribution in [1.82, 2.24) is 14.8 Å². The first-order chi connectivity index (χ1) is 23.3. The number of oxazole rings is 1. The van der Waals surface area contributed by atoms with Crippen LogP contribution in [0.15, 0.2) is 95.4 Å². The van der Waals surface area contributed by atoms with Gasteiger partial charge in [0.2, 0.25) is 5.89 Å². The van der Waals surface area contributed by atoms with Crippen LogP contribution in [0.4, 0.5) is 0 Å². The Hall–Kier alpha value is -4.70. The Morgan fingerprint density at radius 1 is 0.560 bits per heavy atom. The molecule has 0 aliphatic rings. The van der Waals surface area contributed by atoms with E-state index in [4.69, 9.17) is 14.5 Å². The second-order valence-corrected chi connectivity index (χ2v) is 17.7. The summed E-state index contributed by atoms with van der Waals surface area (Å²) in [6.45, 7) is 27.5. The zero-order chi connectivity index (χ0) is 36.2. The number of hydrogen-bond donors (Lipinski definition) is 0. The first kappa shape index (κ1) is 35.1. The van der Waals surface area contributed by atoms with Crippen molar-refractivity contribution in [2.24, 2.45) is 0 Å². The molecule has 0 radical (unpaired) electrons. The molecule has 0 fully saturated rings. The molecule has 0 N–H and O–H groups in total. The van der Waals surface area contributed by atoms with Crippen molar-refractivity contribution >= 4 is 23.3 Å². The number of benzene rings is 4. The third-order valence-corrected chi connectivity index (χ3v) is 9.46. The van der Waals surface area contributed by atoms with Gasteiger partial charge < -0.3 is 4.42 Å². The number of fused-ring (bicyclic) bond motifs is 1. The molecule has 0 bridgehead atoms. The summed E-state index contributed by atoms with van der Waals surface area (Å²) in [5.74, 6) is 0.613. The Kier molecular flexibility index (Phi) is 8.83. The molecule has 0 atom stereocenters. The van der Waals surface area contributed by atoms with E-state index in [0.29, 0.717) is 5.89 Å². The van der Waals surface area contributed by atoms with E-state index in [1.165, 1.54) is 33.4 Å². The highest BCUT2D eigenvalue weighted by atomic mass is 16.3. The fourth-order valence-corrected chi connectivity index (χ4v) is 6.90. The third-order valence-electron chi connectivity index (χ3n) is 9.46. The van der Waals surface area contributed by atoms with Gasteiger partial charge in [-0.3, -0.25) is 0 Å². The highest BCUT2D eigenvalue weighted by Gasteiger charge is 2.29. The fraction of sp³-hybridized carbons (Fsp3) is 0.348. The molecule has 2 aromatic heterocycles. The summed E-state index contributed by atoms with van der Waals surface area (Å²) in [4.78, 5) is 4.74. The molecule has 4 heteroatoms. The maximum absolute atomic E-state index is 6.10. The van der Waals surface area contributed by atoms with E-state index in [1.54, 1.807) is 0 Å². The second kappa shape index (κ2) is 12.6. The highest BCUT2D eigenvalue weighted by Crippen LogP contribution is 2.42. The average molecular weight is 664 g/mol. The maximum atomic E-state index is 6.10. The molecule has 0 saturated carbocycles. The molecular weight excluding hydrogens is 611 g/mol. The van der Waals surface area contributed by atoms with E-state index in [2.05, 4.69) is 167 Å². The summed E-state index contributed by atoms with van der Waals surface area (Å²) in [5.41, 5.74) is 13.2. The molecule has 0 spiro atoms. The minimum atomic E-state index is -0.0776. The van der Waals surface area contributed by atoms with E-state index in [0.717, 1.165) is 33.7 Å². The monoisotopic (exact) mass is 663 g/mol. The van der Waals surface area contributed by atoms with E-state index in [9.17, 15) is 0 Å². The van der Waals surface area contributed by atoms with Crippen molar-refractivity contribution in [2.45, 2.75) is 105 Å². The van der Waals surface area contributed by atoms with Gasteiger partial charge in [-0.1, -0.05) is 138 Å². The van der Waals surface area contributed by atoms with Crippen LogP contribution in [0.3, 0.4) is 0 Å². The number of para-hydroxylation sites is 2. The van der Waals surface area contributed by atoms with Crippen LogP contribution in [0.25, 0.3) is 51.7 Å². The van der Waals surface area contributed by atoms with Gasteiger partial charge in [0.25, 0.3) is 0 Å². The van der Waals surface area contributed by atoms with Gasteiger partial charge >= 0.3 is 0 Å². The van der Waals surface area contributed by atoms with Crippen molar-refractivity contribution in [3.8, 4) is 28.4 Å². The number of rotatable bonds is 5. The average Bonchev–Trinajstić information content (AvgIpc) is 3.66. The molecular formula is C46H53N3O. The highest BCUT2D eigenvalue weighted by molar-refractivity contribution is 5.79. The standard InChI is InChI=1S/C46H53N3O/c1-43(2,3)34-17-15-18-35(44(4,5)6)33(34)28-25-31-29-39(41-36(45(7,8)9)19-16-20-37(41)46(10,11)12)49(48-31)32-26-23-30(24-27-32)42-47-38-21-13-14-22-40(38)50-42/h13-29H,1-12H3. The van der Waals surface area contributed by atoms with Crippen molar-refractivity contribution in [1.29, 1.82) is 0 Å². The van der Waals surface area contributed by atoms with Crippen LogP contribution >= 0.6 is 0 Å². The maximum Gasteiger partial charge on any atom is 0.227 e. The molecule has 0 aliphatic heterocycles. The van der Waals surface area contributed by atoms with Crippen LogP contribution in [-0.4, -0.2) is 14.8 Å². The lowest BCUT2D eigenvalue weighted by molar-refractivity contribution is 0.566. The Balaban J connectivity index is 1.56. The normalized spacial score (nSPS) is 13.1. The van der Waals surface area contributed by atoms with E-state index < -0.39 is 0 Å². The van der Waals surface area contributed by atoms with Gasteiger partial charge in [-0.05, 0) is 98.0 Å². The quantitative estimate of drug-likeness (QED) is 0.184. The van der Waals surface area contributed by atoms with Crippen LogP contribution in [0.1, 0.15) is 117 Å². The van der Waals surface area contributed by atoms with Crippen LogP contribution < -0.4 is 0 Å². The molecule has 4 aromatic carbocycles. The summed E-state index contributed by atoms with van der Waals surface area (Å²) < 4.78 is 8.22. The van der Waals surface area contributed by atoms with Crippen molar-refractivity contribution in [3.63, 3.8) is 0 Å². The van der Waals surface area contributed by atoms with E-state index in [-0.39, 0.29) is 21.7 Å². The molecule has 2 heterocycles. The lowest BCUT2D eigenvalue weighted by Crippen LogP contribution is -2.20. The van der Waals surface area contributed by atoms with Gasteiger partial charge in [0, 0.05) is 11.1 Å². The molecule has 0 amide bonds. The van der Waals surface area contributed by atoms with Crippen LogP contribution in [-0.2, 0) is 21.7 Å². The topological polar surface area (TPSA) is 43.9 Å². The molecule has 4 nitrogen and oxygen atoms in total. The van der Waals surface area contributed by atoms with Gasteiger partial charge in [-0.2, -0.15) is 5.10 Å². The summed E-state index contributed by atoms with van der Waals surface area (Å²) in [7, 11) is 0.